The minimum Gasteiger partial charge on any atom is -0.350 e. The molecule has 4 heterocycles. The summed E-state index contributed by atoms with van der Waals surface area (Å²) in [5.41, 5.74) is 1.48. The molecule has 2 aliphatic heterocycles. The van der Waals surface area contributed by atoms with Gasteiger partial charge in [0, 0.05) is 35.6 Å². The smallest absolute Gasteiger partial charge is 0.270 e. The van der Waals surface area contributed by atoms with Crippen LogP contribution in [0.25, 0.3) is 10.9 Å². The molecule has 1 fully saturated rings. The molecule has 0 unspecified atom stereocenters. The van der Waals surface area contributed by atoms with Gasteiger partial charge in [0.15, 0.2) is 5.82 Å². The minimum absolute atomic E-state index is 0.0160. The highest BCUT2D eigenvalue weighted by molar-refractivity contribution is 6.31. The van der Waals surface area contributed by atoms with Gasteiger partial charge in [0.25, 0.3) is 5.91 Å². The fraction of sp³-hybridized carbons (Fsp3) is 0.450. The van der Waals surface area contributed by atoms with Crippen LogP contribution in [-0.2, 0) is 13.1 Å². The van der Waals surface area contributed by atoms with Crippen molar-refractivity contribution in [1.29, 1.82) is 0 Å². The van der Waals surface area contributed by atoms with E-state index in [1.165, 1.54) is 0 Å². The number of halogens is 1. The first kappa shape index (κ1) is 17.7. The second-order valence-electron chi connectivity index (χ2n) is 7.79. The number of hydrogen-bond donors (Lipinski definition) is 1. The van der Waals surface area contributed by atoms with E-state index in [1.54, 1.807) is 0 Å². The van der Waals surface area contributed by atoms with Crippen molar-refractivity contribution in [3.8, 4) is 0 Å². The molecular weight excluding hydrogens is 376 g/mol. The number of carbonyl (C=O) groups excluding carboxylic acids is 1. The highest BCUT2D eigenvalue weighted by Crippen LogP contribution is 2.33. The maximum atomic E-state index is 13.4. The van der Waals surface area contributed by atoms with Gasteiger partial charge in [0.05, 0.1) is 12.6 Å². The molecule has 0 radical (unpaired) electrons. The molecule has 1 N–H and O–H groups in total. The fourth-order valence-electron chi connectivity index (χ4n) is 4.36. The summed E-state index contributed by atoms with van der Waals surface area (Å²) in [7, 11) is 2.09. The average molecular weight is 399 g/mol. The lowest BCUT2D eigenvalue weighted by atomic mass is 10.0. The lowest BCUT2D eigenvalue weighted by Crippen LogP contribution is -2.41. The molecule has 2 aliphatic rings. The largest absolute Gasteiger partial charge is 0.350 e. The molecule has 0 saturated carbocycles. The van der Waals surface area contributed by atoms with Crippen molar-refractivity contribution in [2.75, 3.05) is 20.1 Å². The predicted octanol–water partition coefficient (Wildman–Crippen LogP) is 3.23. The van der Waals surface area contributed by atoms with E-state index in [2.05, 4.69) is 31.7 Å². The Kier molecular flexibility index (Phi) is 4.36. The molecule has 8 heteroatoms. The van der Waals surface area contributed by atoms with Crippen molar-refractivity contribution >= 4 is 28.4 Å². The van der Waals surface area contributed by atoms with Crippen molar-refractivity contribution in [2.45, 2.75) is 38.4 Å². The third kappa shape index (κ3) is 2.99. The number of hydrogen-bond acceptors (Lipinski definition) is 4. The molecule has 1 saturated heterocycles. The summed E-state index contributed by atoms with van der Waals surface area (Å²) in [5.74, 6) is 1.93. The Morgan fingerprint density at radius 2 is 2.07 bits per heavy atom. The Bertz CT molecular complexity index is 1040. The summed E-state index contributed by atoms with van der Waals surface area (Å²) in [5, 5.41) is 10.6. The van der Waals surface area contributed by atoms with Gasteiger partial charge in [-0.3, -0.25) is 9.69 Å². The van der Waals surface area contributed by atoms with Crippen LogP contribution in [0.1, 0.15) is 47.4 Å². The number of rotatable bonds is 2. The van der Waals surface area contributed by atoms with E-state index in [9.17, 15) is 4.79 Å². The van der Waals surface area contributed by atoms with Crippen LogP contribution in [0.4, 0.5) is 0 Å². The van der Waals surface area contributed by atoms with E-state index in [0.717, 1.165) is 68.0 Å². The Morgan fingerprint density at radius 3 is 2.96 bits per heavy atom. The van der Waals surface area contributed by atoms with Crippen molar-refractivity contribution in [1.82, 2.24) is 29.5 Å². The van der Waals surface area contributed by atoms with Gasteiger partial charge in [0.1, 0.15) is 11.5 Å². The van der Waals surface area contributed by atoms with E-state index in [1.807, 2.05) is 29.2 Å². The molecule has 1 aromatic carbocycles. The quantitative estimate of drug-likeness (QED) is 0.719. The number of amides is 1. The van der Waals surface area contributed by atoms with E-state index in [4.69, 9.17) is 11.6 Å². The van der Waals surface area contributed by atoms with Crippen LogP contribution in [0.5, 0.6) is 0 Å². The molecule has 0 aliphatic carbocycles. The van der Waals surface area contributed by atoms with Crippen molar-refractivity contribution in [3.63, 3.8) is 0 Å². The SMILES string of the molecule is CN1CCn2c(nnc2[C@H]2CCCCN2C(=O)c2cc3ccc(Cl)cc3[nH]2)C1. The maximum absolute atomic E-state index is 13.4. The molecular formula is C20H23ClN6O. The van der Waals surface area contributed by atoms with Crippen LogP contribution in [0, 0.1) is 0 Å². The van der Waals surface area contributed by atoms with Gasteiger partial charge < -0.3 is 14.5 Å². The van der Waals surface area contributed by atoms with Gasteiger partial charge in [-0.1, -0.05) is 17.7 Å². The number of nitrogens with zero attached hydrogens (tertiary/aromatic N) is 5. The molecule has 1 amide bonds. The van der Waals surface area contributed by atoms with Crippen molar-refractivity contribution < 1.29 is 4.79 Å². The molecule has 0 bridgehead atoms. The van der Waals surface area contributed by atoms with Gasteiger partial charge in [-0.05, 0) is 44.5 Å². The summed E-state index contributed by atoms with van der Waals surface area (Å²) >= 11 is 6.09. The molecule has 0 spiro atoms. The second-order valence-corrected chi connectivity index (χ2v) is 8.22. The van der Waals surface area contributed by atoms with Gasteiger partial charge in [-0.2, -0.15) is 0 Å². The number of H-pyrrole nitrogens is 1. The fourth-order valence-corrected chi connectivity index (χ4v) is 4.53. The standard InChI is InChI=1S/C20H23ClN6O/c1-25-8-9-27-18(12-25)23-24-19(27)17-4-2-3-7-26(17)20(28)16-10-13-5-6-14(21)11-15(13)22-16/h5-6,10-11,17,22H,2-4,7-9,12H2,1H3/t17-/m1/s1. The zero-order valence-corrected chi connectivity index (χ0v) is 16.6. The first-order valence-electron chi connectivity index (χ1n) is 9.80. The number of likely N-dealkylation sites (N-methyl/N-ethyl adjacent to an activating group) is 1. The molecule has 5 rings (SSSR count). The van der Waals surface area contributed by atoms with E-state index in [0.29, 0.717) is 10.7 Å². The number of piperidine rings is 1. The van der Waals surface area contributed by atoms with Gasteiger partial charge >= 0.3 is 0 Å². The Labute approximate surface area is 168 Å². The second kappa shape index (κ2) is 6.90. The predicted molar refractivity (Wildman–Crippen MR) is 107 cm³/mol. The number of fused-ring (bicyclic) bond motifs is 2. The molecule has 28 heavy (non-hydrogen) atoms. The summed E-state index contributed by atoms with van der Waals surface area (Å²) < 4.78 is 2.21. The van der Waals surface area contributed by atoms with Crippen molar-refractivity contribution in [3.05, 3.63) is 46.6 Å². The Morgan fingerprint density at radius 1 is 1.18 bits per heavy atom. The first-order valence-corrected chi connectivity index (χ1v) is 10.2. The number of nitrogens with one attached hydrogen (secondary N) is 1. The monoisotopic (exact) mass is 398 g/mol. The van der Waals surface area contributed by atoms with Crippen molar-refractivity contribution in [2.24, 2.45) is 0 Å². The third-order valence-corrected chi connectivity index (χ3v) is 6.08. The Balaban J connectivity index is 1.48. The minimum atomic E-state index is -0.0269. The van der Waals surface area contributed by atoms with Crippen LogP contribution in [0.2, 0.25) is 5.02 Å². The lowest BCUT2D eigenvalue weighted by molar-refractivity contribution is 0.0586. The third-order valence-electron chi connectivity index (χ3n) is 5.85. The van der Waals surface area contributed by atoms with E-state index >= 15 is 0 Å². The van der Waals surface area contributed by atoms with E-state index < -0.39 is 0 Å². The summed E-state index contributed by atoms with van der Waals surface area (Å²) in [6.07, 6.45) is 3.03. The normalized spacial score (nSPS) is 20.5. The van der Waals surface area contributed by atoms with Crippen LogP contribution in [0.15, 0.2) is 24.3 Å². The summed E-state index contributed by atoms with van der Waals surface area (Å²) in [6, 6.07) is 7.51. The summed E-state index contributed by atoms with van der Waals surface area (Å²) in [6.45, 7) is 3.39. The zero-order valence-electron chi connectivity index (χ0n) is 15.9. The zero-order chi connectivity index (χ0) is 19.3. The van der Waals surface area contributed by atoms with Crippen LogP contribution < -0.4 is 0 Å². The lowest BCUT2D eigenvalue weighted by Gasteiger charge is -2.35. The van der Waals surface area contributed by atoms with Gasteiger partial charge in [-0.25, -0.2) is 0 Å². The highest BCUT2D eigenvalue weighted by Gasteiger charge is 2.34. The highest BCUT2D eigenvalue weighted by atomic mass is 35.5. The van der Waals surface area contributed by atoms with Gasteiger partial charge in [-0.15, -0.1) is 10.2 Å². The molecule has 1 atom stereocenters. The number of aromatic amines is 1. The summed E-state index contributed by atoms with van der Waals surface area (Å²) in [4.78, 5) is 20.8. The van der Waals surface area contributed by atoms with Gasteiger partial charge in [0.2, 0.25) is 0 Å². The maximum Gasteiger partial charge on any atom is 0.270 e. The molecule has 2 aromatic heterocycles. The first-order chi connectivity index (χ1) is 13.6. The van der Waals surface area contributed by atoms with Crippen LogP contribution in [-0.4, -0.2) is 55.6 Å². The van der Waals surface area contributed by atoms with E-state index in [-0.39, 0.29) is 11.9 Å². The number of benzene rings is 1. The topological polar surface area (TPSA) is 70.1 Å². The number of carbonyl (C=O) groups is 1. The molecule has 7 nitrogen and oxygen atoms in total. The average Bonchev–Trinajstić information content (AvgIpc) is 3.30. The molecule has 3 aromatic rings. The number of aromatic nitrogens is 4. The molecule has 146 valence electrons. The van der Waals surface area contributed by atoms with Crippen LogP contribution in [0.3, 0.4) is 0 Å². The Hall–Kier alpha value is -2.38. The van der Waals surface area contributed by atoms with Crippen LogP contribution >= 0.6 is 11.6 Å². The number of likely N-dealkylation sites (tertiary alicyclic amines) is 1.